The second-order valence-electron chi connectivity index (χ2n) is 9.49. The lowest BCUT2D eigenvalue weighted by Crippen LogP contribution is -2.59. The van der Waals surface area contributed by atoms with Gasteiger partial charge in [0.1, 0.15) is 30.3 Å². The molecule has 232 valence electrons. The van der Waals surface area contributed by atoms with Gasteiger partial charge in [0.2, 0.25) is 0 Å². The Labute approximate surface area is 248 Å². The molecule has 0 saturated carbocycles. The Kier molecular flexibility index (Phi) is 11.1. The highest BCUT2D eigenvalue weighted by Crippen LogP contribution is 2.45. The van der Waals surface area contributed by atoms with Crippen molar-refractivity contribution in [3.05, 3.63) is 47.5 Å². The van der Waals surface area contributed by atoms with Crippen molar-refractivity contribution >= 4 is 29.8 Å². The van der Waals surface area contributed by atoms with E-state index in [-0.39, 0.29) is 12.4 Å². The third kappa shape index (κ3) is 8.01. The van der Waals surface area contributed by atoms with Crippen molar-refractivity contribution < 1.29 is 61.9 Å². The minimum absolute atomic E-state index is 0.250. The fourth-order valence-electron chi connectivity index (χ4n) is 4.78. The summed E-state index contributed by atoms with van der Waals surface area (Å²) in [7, 11) is 4.12. The van der Waals surface area contributed by atoms with Crippen LogP contribution in [-0.4, -0.2) is 82.2 Å². The topological polar surface area (TPSA) is 159 Å². The van der Waals surface area contributed by atoms with Gasteiger partial charge in [-0.05, 0) is 29.8 Å². The third-order valence-corrected chi connectivity index (χ3v) is 6.44. The molecule has 3 rings (SSSR count). The van der Waals surface area contributed by atoms with Crippen LogP contribution in [-0.2, 0) is 47.6 Å². The first-order chi connectivity index (χ1) is 20.4. The van der Waals surface area contributed by atoms with Gasteiger partial charge in [-0.1, -0.05) is 12.1 Å². The largest absolute Gasteiger partial charge is 0.496 e. The summed E-state index contributed by atoms with van der Waals surface area (Å²) in [6.07, 6.45) is -6.36. The predicted molar refractivity (Wildman–Crippen MR) is 147 cm³/mol. The van der Waals surface area contributed by atoms with Gasteiger partial charge in [0, 0.05) is 38.8 Å². The van der Waals surface area contributed by atoms with Crippen molar-refractivity contribution in [1.82, 2.24) is 0 Å². The Balaban J connectivity index is 2.22. The van der Waals surface area contributed by atoms with E-state index in [4.69, 9.17) is 37.9 Å². The molecular formula is C30H34O13. The zero-order valence-electron chi connectivity index (χ0n) is 24.9. The molecule has 0 radical (unpaired) electrons. The molecule has 2 aromatic rings. The molecule has 0 unspecified atom stereocenters. The van der Waals surface area contributed by atoms with Crippen LogP contribution in [0.3, 0.4) is 0 Å². The molecule has 43 heavy (non-hydrogen) atoms. The van der Waals surface area contributed by atoms with Crippen LogP contribution in [0.5, 0.6) is 11.5 Å². The number of ether oxygens (including phenoxy) is 8. The van der Waals surface area contributed by atoms with E-state index in [0.717, 1.165) is 20.8 Å². The molecule has 1 fully saturated rings. The van der Waals surface area contributed by atoms with Gasteiger partial charge < -0.3 is 37.9 Å². The highest BCUT2D eigenvalue weighted by atomic mass is 16.7. The quantitative estimate of drug-likeness (QED) is 0.289. The molecule has 13 heteroatoms. The Morgan fingerprint density at radius 1 is 0.721 bits per heavy atom. The first-order valence-corrected chi connectivity index (χ1v) is 13.1. The van der Waals surface area contributed by atoms with Gasteiger partial charge in [-0.3, -0.25) is 19.2 Å². The van der Waals surface area contributed by atoms with Gasteiger partial charge >= 0.3 is 29.8 Å². The first kappa shape index (κ1) is 32.9. The molecule has 0 spiro atoms. The SMILES string of the molecule is COC(=O)c1cccc(-c2cc(OC)c([C@@H]3O[C@H](COC(C)=O)[C@H](OC(C)=O)[C@H](OC(C)=O)[C@H]3OC(C)=O)cc2OC)c1. The molecular weight excluding hydrogens is 568 g/mol. The Hall–Kier alpha value is -4.65. The average Bonchev–Trinajstić information content (AvgIpc) is 2.96. The highest BCUT2D eigenvalue weighted by Gasteiger charge is 2.53. The zero-order chi connectivity index (χ0) is 31.8. The lowest BCUT2D eigenvalue weighted by Gasteiger charge is -2.44. The molecule has 5 atom stereocenters. The molecule has 0 aromatic heterocycles. The molecule has 1 aliphatic heterocycles. The minimum Gasteiger partial charge on any atom is -0.496 e. The second-order valence-corrected chi connectivity index (χ2v) is 9.49. The van der Waals surface area contributed by atoms with Crippen LogP contribution < -0.4 is 9.47 Å². The molecule has 0 N–H and O–H groups in total. The monoisotopic (exact) mass is 602 g/mol. The van der Waals surface area contributed by atoms with Gasteiger partial charge in [0.15, 0.2) is 18.3 Å². The zero-order valence-corrected chi connectivity index (χ0v) is 24.9. The van der Waals surface area contributed by atoms with Crippen molar-refractivity contribution in [3.63, 3.8) is 0 Å². The maximum atomic E-state index is 12.3. The third-order valence-electron chi connectivity index (χ3n) is 6.44. The van der Waals surface area contributed by atoms with Crippen LogP contribution in [0.4, 0.5) is 0 Å². The standard InChI is InChI=1S/C30H34O13/c1-15(31)39-14-25-27(40-16(2)32)29(42-18(4)34)28(41-17(3)33)26(43-25)22-13-23(36-5)21(12-24(22)37-6)19-9-8-10-20(11-19)30(35)38-7/h8-13,25-29H,14H2,1-7H3/t25-,26+,27+,28+,29+/m1/s1. The number of esters is 5. The van der Waals surface area contributed by atoms with Crippen molar-refractivity contribution in [3.8, 4) is 22.6 Å². The molecule has 0 amide bonds. The fourth-order valence-corrected chi connectivity index (χ4v) is 4.78. The van der Waals surface area contributed by atoms with Crippen LogP contribution >= 0.6 is 0 Å². The second kappa shape index (κ2) is 14.5. The summed E-state index contributed by atoms with van der Waals surface area (Å²) in [5.74, 6) is -2.82. The fraction of sp³-hybridized carbons (Fsp3) is 0.433. The van der Waals surface area contributed by atoms with E-state index in [1.807, 2.05) is 0 Å². The van der Waals surface area contributed by atoms with Gasteiger partial charge in [0.25, 0.3) is 0 Å². The molecule has 2 aromatic carbocycles. The summed E-state index contributed by atoms with van der Waals surface area (Å²) < 4.78 is 44.3. The van der Waals surface area contributed by atoms with Crippen LogP contribution in [0, 0.1) is 0 Å². The first-order valence-electron chi connectivity index (χ1n) is 13.1. The number of hydrogen-bond acceptors (Lipinski definition) is 13. The van der Waals surface area contributed by atoms with E-state index in [9.17, 15) is 24.0 Å². The number of hydrogen-bond donors (Lipinski definition) is 0. The number of rotatable bonds is 10. The normalized spacial score (nSPS) is 21.1. The molecule has 1 aliphatic rings. The minimum atomic E-state index is -1.36. The van der Waals surface area contributed by atoms with Gasteiger partial charge in [0.05, 0.1) is 26.9 Å². The Morgan fingerprint density at radius 3 is 1.88 bits per heavy atom. The highest BCUT2D eigenvalue weighted by molar-refractivity contribution is 5.91. The summed E-state index contributed by atoms with van der Waals surface area (Å²) in [4.78, 5) is 60.4. The summed E-state index contributed by atoms with van der Waals surface area (Å²) in [6.45, 7) is 4.24. The van der Waals surface area contributed by atoms with E-state index in [0.29, 0.717) is 28.0 Å². The van der Waals surface area contributed by atoms with E-state index in [1.165, 1.54) is 28.3 Å². The summed E-state index contributed by atoms with van der Waals surface area (Å²) in [6, 6.07) is 9.89. The van der Waals surface area contributed by atoms with E-state index < -0.39 is 60.4 Å². The van der Waals surface area contributed by atoms with Crippen molar-refractivity contribution in [2.45, 2.75) is 58.2 Å². The number of carbonyl (C=O) groups is 5. The van der Waals surface area contributed by atoms with Crippen molar-refractivity contribution in [1.29, 1.82) is 0 Å². The average molecular weight is 603 g/mol. The van der Waals surface area contributed by atoms with E-state index in [1.54, 1.807) is 36.4 Å². The van der Waals surface area contributed by atoms with Crippen LogP contribution in [0.1, 0.15) is 49.7 Å². The van der Waals surface area contributed by atoms with E-state index >= 15 is 0 Å². The Bertz CT molecular complexity index is 1370. The molecule has 1 saturated heterocycles. The number of carbonyl (C=O) groups excluding carboxylic acids is 5. The van der Waals surface area contributed by atoms with Crippen LogP contribution in [0.15, 0.2) is 36.4 Å². The summed E-state index contributed by atoms with van der Waals surface area (Å²) in [5.41, 5.74) is 1.76. The lowest BCUT2D eigenvalue weighted by molar-refractivity contribution is -0.254. The maximum absolute atomic E-state index is 12.3. The van der Waals surface area contributed by atoms with Crippen LogP contribution in [0.25, 0.3) is 11.1 Å². The number of benzene rings is 2. The number of methoxy groups -OCH3 is 3. The molecule has 13 nitrogen and oxygen atoms in total. The maximum Gasteiger partial charge on any atom is 0.337 e. The van der Waals surface area contributed by atoms with Gasteiger partial charge in [-0.15, -0.1) is 0 Å². The van der Waals surface area contributed by atoms with Gasteiger partial charge in [-0.2, -0.15) is 0 Å². The Morgan fingerprint density at radius 2 is 1.33 bits per heavy atom. The lowest BCUT2D eigenvalue weighted by atomic mass is 9.88. The predicted octanol–water partition coefficient (Wildman–Crippen LogP) is 2.96. The smallest absolute Gasteiger partial charge is 0.337 e. The van der Waals surface area contributed by atoms with Gasteiger partial charge in [-0.25, -0.2) is 4.79 Å². The van der Waals surface area contributed by atoms with Crippen LogP contribution in [0.2, 0.25) is 0 Å². The summed E-state index contributed by atoms with van der Waals surface area (Å²) in [5, 5.41) is 0. The molecule has 0 aliphatic carbocycles. The van der Waals surface area contributed by atoms with E-state index in [2.05, 4.69) is 0 Å². The van der Waals surface area contributed by atoms with Crippen molar-refractivity contribution in [2.75, 3.05) is 27.9 Å². The molecule has 0 bridgehead atoms. The summed E-state index contributed by atoms with van der Waals surface area (Å²) >= 11 is 0. The van der Waals surface area contributed by atoms with Crippen molar-refractivity contribution in [2.24, 2.45) is 0 Å². The molecule has 1 heterocycles.